The number of allylic oxidation sites excluding steroid dienone is 4. The normalized spacial score (nSPS) is 31.1. The molecule has 0 aromatic rings. The van der Waals surface area contributed by atoms with E-state index < -0.39 is 0 Å². The van der Waals surface area contributed by atoms with Crippen molar-refractivity contribution in [1.82, 2.24) is 0 Å². The van der Waals surface area contributed by atoms with Crippen LogP contribution in [0, 0.1) is 11.8 Å². The van der Waals surface area contributed by atoms with Gasteiger partial charge in [0, 0.05) is 5.92 Å². The lowest BCUT2D eigenvalue weighted by atomic mass is 9.88. The molecule has 1 heteroatoms. The smallest absolute Gasteiger partial charge is 0.158 e. The van der Waals surface area contributed by atoms with Crippen LogP contribution in [0.5, 0.6) is 0 Å². The fourth-order valence-electron chi connectivity index (χ4n) is 2.74. The molecule has 0 saturated heterocycles. The molecule has 0 radical (unpaired) electrons. The maximum absolute atomic E-state index is 11.8. The number of ketones is 1. The van der Waals surface area contributed by atoms with Gasteiger partial charge < -0.3 is 0 Å². The Labute approximate surface area is 98.6 Å². The van der Waals surface area contributed by atoms with E-state index in [2.05, 4.69) is 19.1 Å². The summed E-state index contributed by atoms with van der Waals surface area (Å²) in [7, 11) is 0. The summed E-state index contributed by atoms with van der Waals surface area (Å²) in [6, 6.07) is 0. The highest BCUT2D eigenvalue weighted by molar-refractivity contribution is 5.92. The van der Waals surface area contributed by atoms with Crippen molar-refractivity contribution in [3.05, 3.63) is 23.8 Å². The Morgan fingerprint density at radius 3 is 2.94 bits per heavy atom. The third kappa shape index (κ3) is 3.07. The van der Waals surface area contributed by atoms with Crippen LogP contribution in [-0.2, 0) is 4.79 Å². The minimum atomic E-state index is 0.249. The second kappa shape index (κ2) is 5.47. The first kappa shape index (κ1) is 11.6. The van der Waals surface area contributed by atoms with E-state index in [1.54, 1.807) is 0 Å². The molecule has 2 aliphatic carbocycles. The van der Waals surface area contributed by atoms with E-state index in [-0.39, 0.29) is 5.92 Å². The van der Waals surface area contributed by atoms with Crippen molar-refractivity contribution in [2.24, 2.45) is 11.8 Å². The fraction of sp³-hybridized carbons (Fsp3) is 0.667. The molecule has 0 aromatic carbocycles. The molecule has 0 heterocycles. The lowest BCUT2D eigenvalue weighted by molar-refractivity contribution is -0.117. The van der Waals surface area contributed by atoms with Crippen LogP contribution in [0.3, 0.4) is 0 Å². The first-order valence-corrected chi connectivity index (χ1v) is 6.65. The van der Waals surface area contributed by atoms with Crippen molar-refractivity contribution in [2.75, 3.05) is 0 Å². The Morgan fingerprint density at radius 2 is 2.19 bits per heavy atom. The molecule has 2 unspecified atom stereocenters. The van der Waals surface area contributed by atoms with Crippen LogP contribution in [-0.4, -0.2) is 5.78 Å². The maximum Gasteiger partial charge on any atom is 0.158 e. The van der Waals surface area contributed by atoms with Gasteiger partial charge in [-0.15, -0.1) is 0 Å². The maximum atomic E-state index is 11.8. The van der Waals surface area contributed by atoms with Gasteiger partial charge in [-0.25, -0.2) is 0 Å². The SMILES string of the molecule is CC1CCCC(CC2C=CCCC2)=CC1=O. The summed E-state index contributed by atoms with van der Waals surface area (Å²) >= 11 is 0. The Kier molecular flexibility index (Phi) is 3.98. The lowest BCUT2D eigenvalue weighted by Gasteiger charge is -2.17. The second-order valence-electron chi connectivity index (χ2n) is 5.32. The minimum absolute atomic E-state index is 0.249. The number of carbonyl (C=O) groups excluding carboxylic acids is 1. The van der Waals surface area contributed by atoms with E-state index in [4.69, 9.17) is 0 Å². The minimum Gasteiger partial charge on any atom is -0.295 e. The van der Waals surface area contributed by atoms with E-state index in [0.717, 1.165) is 19.3 Å². The van der Waals surface area contributed by atoms with Crippen molar-refractivity contribution < 1.29 is 4.79 Å². The van der Waals surface area contributed by atoms with Gasteiger partial charge in [0.2, 0.25) is 0 Å². The zero-order valence-corrected chi connectivity index (χ0v) is 10.2. The van der Waals surface area contributed by atoms with Gasteiger partial charge >= 0.3 is 0 Å². The quantitative estimate of drug-likeness (QED) is 0.639. The van der Waals surface area contributed by atoms with Crippen molar-refractivity contribution in [1.29, 1.82) is 0 Å². The van der Waals surface area contributed by atoms with Gasteiger partial charge in [-0.05, 0) is 56.9 Å². The average molecular weight is 218 g/mol. The summed E-state index contributed by atoms with van der Waals surface area (Å²) in [6.45, 7) is 2.06. The van der Waals surface area contributed by atoms with Crippen molar-refractivity contribution in [3.63, 3.8) is 0 Å². The Hall–Kier alpha value is -0.850. The molecule has 16 heavy (non-hydrogen) atoms. The molecule has 2 rings (SSSR count). The molecule has 0 N–H and O–H groups in total. The molecule has 0 aliphatic heterocycles. The lowest BCUT2D eigenvalue weighted by Crippen LogP contribution is -2.06. The van der Waals surface area contributed by atoms with E-state index in [9.17, 15) is 4.79 Å². The van der Waals surface area contributed by atoms with Crippen LogP contribution >= 0.6 is 0 Å². The summed E-state index contributed by atoms with van der Waals surface area (Å²) in [5.41, 5.74) is 1.39. The summed E-state index contributed by atoms with van der Waals surface area (Å²) in [6.07, 6.45) is 15.0. The number of hydrogen-bond acceptors (Lipinski definition) is 1. The van der Waals surface area contributed by atoms with E-state index in [0.29, 0.717) is 11.7 Å². The summed E-state index contributed by atoms with van der Waals surface area (Å²) in [5, 5.41) is 0. The molecule has 88 valence electrons. The fourth-order valence-corrected chi connectivity index (χ4v) is 2.74. The predicted octanol–water partition coefficient (Wildman–Crippen LogP) is 4.05. The average Bonchev–Trinajstić information content (AvgIpc) is 2.43. The van der Waals surface area contributed by atoms with E-state index in [1.165, 1.54) is 31.3 Å². The Morgan fingerprint density at radius 1 is 1.31 bits per heavy atom. The third-order valence-electron chi connectivity index (χ3n) is 3.85. The van der Waals surface area contributed by atoms with Crippen molar-refractivity contribution >= 4 is 5.78 Å². The highest BCUT2D eigenvalue weighted by Crippen LogP contribution is 2.28. The largest absolute Gasteiger partial charge is 0.295 e. The Bertz CT molecular complexity index is 311. The van der Waals surface area contributed by atoms with Gasteiger partial charge in [0.1, 0.15) is 0 Å². The molecule has 0 saturated carbocycles. The number of hydrogen-bond donors (Lipinski definition) is 0. The molecule has 0 bridgehead atoms. The standard InChI is InChI=1S/C15H22O/c1-12-6-5-9-14(11-15(12)16)10-13-7-3-2-4-8-13/h3,7,11-13H,2,4-6,8-10H2,1H3. The van der Waals surface area contributed by atoms with Gasteiger partial charge in [-0.1, -0.05) is 24.6 Å². The van der Waals surface area contributed by atoms with Gasteiger partial charge in [0.25, 0.3) is 0 Å². The number of carbonyl (C=O) groups is 1. The van der Waals surface area contributed by atoms with Crippen LogP contribution in [0.15, 0.2) is 23.8 Å². The van der Waals surface area contributed by atoms with Crippen LogP contribution in [0.2, 0.25) is 0 Å². The van der Waals surface area contributed by atoms with Gasteiger partial charge in [0.15, 0.2) is 5.78 Å². The highest BCUT2D eigenvalue weighted by atomic mass is 16.1. The molecular weight excluding hydrogens is 196 g/mol. The summed E-state index contributed by atoms with van der Waals surface area (Å²) < 4.78 is 0. The van der Waals surface area contributed by atoms with Crippen molar-refractivity contribution in [2.45, 2.75) is 51.9 Å². The van der Waals surface area contributed by atoms with Crippen LogP contribution < -0.4 is 0 Å². The molecule has 2 atom stereocenters. The number of rotatable bonds is 2. The molecule has 0 fully saturated rings. The zero-order chi connectivity index (χ0) is 11.4. The molecule has 0 amide bonds. The van der Waals surface area contributed by atoms with Crippen LogP contribution in [0.1, 0.15) is 51.9 Å². The van der Waals surface area contributed by atoms with E-state index >= 15 is 0 Å². The van der Waals surface area contributed by atoms with Gasteiger partial charge in [0.05, 0.1) is 0 Å². The molecule has 0 spiro atoms. The summed E-state index contributed by atoms with van der Waals surface area (Å²) in [5.74, 6) is 1.30. The predicted molar refractivity (Wildman–Crippen MR) is 67.2 cm³/mol. The topological polar surface area (TPSA) is 17.1 Å². The van der Waals surface area contributed by atoms with Gasteiger partial charge in [-0.2, -0.15) is 0 Å². The molecule has 0 aromatic heterocycles. The monoisotopic (exact) mass is 218 g/mol. The summed E-state index contributed by atoms with van der Waals surface area (Å²) in [4.78, 5) is 11.8. The zero-order valence-electron chi connectivity index (χ0n) is 10.2. The van der Waals surface area contributed by atoms with Gasteiger partial charge in [-0.3, -0.25) is 4.79 Å². The molecule has 2 aliphatic rings. The molecular formula is C15H22O. The Balaban J connectivity index is 1.97. The second-order valence-corrected chi connectivity index (χ2v) is 5.32. The molecule has 1 nitrogen and oxygen atoms in total. The first-order chi connectivity index (χ1) is 7.75. The highest BCUT2D eigenvalue weighted by Gasteiger charge is 2.18. The van der Waals surface area contributed by atoms with Crippen LogP contribution in [0.25, 0.3) is 0 Å². The first-order valence-electron chi connectivity index (χ1n) is 6.65. The van der Waals surface area contributed by atoms with Crippen LogP contribution in [0.4, 0.5) is 0 Å². The van der Waals surface area contributed by atoms with Crippen molar-refractivity contribution in [3.8, 4) is 0 Å². The van der Waals surface area contributed by atoms with E-state index in [1.807, 2.05) is 6.08 Å². The third-order valence-corrected chi connectivity index (χ3v) is 3.85.